The van der Waals surface area contributed by atoms with Gasteiger partial charge in [-0.15, -0.1) is 0 Å². The largest absolute Gasteiger partial charge is 0.459 e. The Morgan fingerprint density at radius 1 is 1.04 bits per heavy atom. The monoisotopic (exact) mass is 372 g/mol. The number of quaternary nitrogens is 1. The zero-order chi connectivity index (χ0) is 19.8. The maximum Gasteiger partial charge on any atom is 0.305 e. The number of carbonyl (C=O) groups is 2. The molecule has 2 rings (SSSR count). The van der Waals surface area contributed by atoms with Crippen LogP contribution < -0.4 is 16.2 Å². The third-order valence-corrected chi connectivity index (χ3v) is 4.84. The summed E-state index contributed by atoms with van der Waals surface area (Å²) in [6.45, 7) is 8.91. The number of nitrogens with two attached hydrogens (primary N) is 1. The molecular weight excluding hydrogens is 342 g/mol. The Hall–Kier alpha value is -2.60. The second-order valence-corrected chi connectivity index (χ2v) is 7.17. The minimum absolute atomic E-state index is 0.153. The van der Waals surface area contributed by atoms with E-state index in [1.807, 2.05) is 5.32 Å². The SMILES string of the molecule is CC[C@H](C)c1ccc([C@H]([NH2+]CC(=O)NNC(=O)c2ccco2)C(C)C)cc1. The molecular formula is C21H30N3O3+. The lowest BCUT2D eigenvalue weighted by atomic mass is 9.92. The van der Waals surface area contributed by atoms with Gasteiger partial charge in [-0.25, -0.2) is 0 Å². The average molecular weight is 372 g/mol. The van der Waals surface area contributed by atoms with Crippen molar-refractivity contribution in [3.63, 3.8) is 0 Å². The van der Waals surface area contributed by atoms with Crippen molar-refractivity contribution >= 4 is 11.8 Å². The van der Waals surface area contributed by atoms with Crippen molar-refractivity contribution in [1.82, 2.24) is 10.9 Å². The lowest BCUT2D eigenvalue weighted by Gasteiger charge is -2.20. The van der Waals surface area contributed by atoms with Gasteiger partial charge in [0.05, 0.1) is 6.26 Å². The number of furan rings is 1. The van der Waals surface area contributed by atoms with Crippen molar-refractivity contribution < 1.29 is 19.3 Å². The van der Waals surface area contributed by atoms with Crippen LogP contribution in [0.15, 0.2) is 47.1 Å². The first-order valence-electron chi connectivity index (χ1n) is 9.48. The van der Waals surface area contributed by atoms with Crippen LogP contribution in [0, 0.1) is 5.92 Å². The molecule has 0 saturated heterocycles. The number of rotatable bonds is 8. The van der Waals surface area contributed by atoms with E-state index in [1.165, 1.54) is 23.5 Å². The molecule has 0 bridgehead atoms. The fourth-order valence-corrected chi connectivity index (χ4v) is 2.96. The molecule has 0 spiro atoms. The van der Waals surface area contributed by atoms with Gasteiger partial charge in [-0.2, -0.15) is 0 Å². The minimum atomic E-state index is -0.477. The summed E-state index contributed by atoms with van der Waals surface area (Å²) in [6, 6.07) is 12.0. The minimum Gasteiger partial charge on any atom is -0.459 e. The van der Waals surface area contributed by atoms with Crippen molar-refractivity contribution in [1.29, 1.82) is 0 Å². The number of hydrogen-bond donors (Lipinski definition) is 3. The molecule has 2 aromatic rings. The van der Waals surface area contributed by atoms with Gasteiger partial charge >= 0.3 is 5.91 Å². The molecule has 0 aliphatic heterocycles. The summed E-state index contributed by atoms with van der Waals surface area (Å²) in [5.41, 5.74) is 7.30. The van der Waals surface area contributed by atoms with Crippen LogP contribution in [0.4, 0.5) is 0 Å². The number of benzene rings is 1. The molecule has 2 atom stereocenters. The van der Waals surface area contributed by atoms with Crippen molar-refractivity contribution in [3.05, 3.63) is 59.5 Å². The summed E-state index contributed by atoms with van der Waals surface area (Å²) in [6.07, 6.45) is 2.52. The van der Waals surface area contributed by atoms with Crippen LogP contribution in [0.25, 0.3) is 0 Å². The molecule has 146 valence electrons. The van der Waals surface area contributed by atoms with Crippen LogP contribution in [-0.4, -0.2) is 18.4 Å². The lowest BCUT2D eigenvalue weighted by Crippen LogP contribution is -2.88. The molecule has 1 heterocycles. The third kappa shape index (κ3) is 5.96. The molecule has 2 amide bonds. The summed E-state index contributed by atoms with van der Waals surface area (Å²) >= 11 is 0. The number of amides is 2. The Balaban J connectivity index is 1.88. The molecule has 6 heteroatoms. The highest BCUT2D eigenvalue weighted by atomic mass is 16.3. The molecule has 0 aliphatic carbocycles. The summed E-state index contributed by atoms with van der Waals surface area (Å²) in [5, 5.41) is 2.00. The Morgan fingerprint density at radius 2 is 1.70 bits per heavy atom. The van der Waals surface area contributed by atoms with E-state index < -0.39 is 5.91 Å². The highest BCUT2D eigenvalue weighted by molar-refractivity contribution is 5.92. The Morgan fingerprint density at radius 3 is 2.26 bits per heavy atom. The summed E-state index contributed by atoms with van der Waals surface area (Å²) in [5.74, 6) is 0.320. The topological polar surface area (TPSA) is 88.0 Å². The third-order valence-electron chi connectivity index (χ3n) is 4.84. The fourth-order valence-electron chi connectivity index (χ4n) is 2.96. The van der Waals surface area contributed by atoms with Gasteiger partial charge in [0.25, 0.3) is 5.91 Å². The lowest BCUT2D eigenvalue weighted by molar-refractivity contribution is -0.692. The van der Waals surface area contributed by atoms with Crippen LogP contribution in [-0.2, 0) is 4.79 Å². The van der Waals surface area contributed by atoms with Crippen LogP contribution in [0.5, 0.6) is 0 Å². The first-order valence-corrected chi connectivity index (χ1v) is 9.48. The number of hydrogen-bond acceptors (Lipinski definition) is 3. The van der Waals surface area contributed by atoms with E-state index in [0.29, 0.717) is 11.8 Å². The quantitative estimate of drug-likeness (QED) is 0.622. The molecule has 0 aliphatic rings. The van der Waals surface area contributed by atoms with Gasteiger partial charge in [0.2, 0.25) is 0 Å². The molecule has 6 nitrogen and oxygen atoms in total. The Kier molecular flexibility index (Phi) is 7.61. The van der Waals surface area contributed by atoms with Crippen molar-refractivity contribution in [3.8, 4) is 0 Å². The maximum atomic E-state index is 12.1. The Labute approximate surface area is 160 Å². The van der Waals surface area contributed by atoms with Crippen molar-refractivity contribution in [2.24, 2.45) is 5.92 Å². The maximum absolute atomic E-state index is 12.1. The van der Waals surface area contributed by atoms with Gasteiger partial charge < -0.3 is 9.73 Å². The predicted molar refractivity (Wildman–Crippen MR) is 104 cm³/mol. The van der Waals surface area contributed by atoms with E-state index in [4.69, 9.17) is 4.42 Å². The second-order valence-electron chi connectivity index (χ2n) is 7.17. The van der Waals surface area contributed by atoms with Crippen molar-refractivity contribution in [2.45, 2.75) is 46.1 Å². The molecule has 0 fully saturated rings. The zero-order valence-corrected chi connectivity index (χ0v) is 16.5. The smallest absolute Gasteiger partial charge is 0.305 e. The van der Waals surface area contributed by atoms with E-state index >= 15 is 0 Å². The summed E-state index contributed by atoms with van der Waals surface area (Å²) in [4.78, 5) is 23.8. The fraction of sp³-hybridized carbons (Fsp3) is 0.429. The predicted octanol–water partition coefficient (Wildman–Crippen LogP) is 2.51. The van der Waals surface area contributed by atoms with Gasteiger partial charge in [-0.3, -0.25) is 20.4 Å². The van der Waals surface area contributed by atoms with Crippen LogP contribution >= 0.6 is 0 Å². The molecule has 1 aromatic heterocycles. The Bertz CT molecular complexity index is 724. The molecule has 1 aromatic carbocycles. The summed E-state index contributed by atoms with van der Waals surface area (Å²) < 4.78 is 4.98. The highest BCUT2D eigenvalue weighted by Gasteiger charge is 2.21. The van der Waals surface area contributed by atoms with Gasteiger partial charge in [-0.1, -0.05) is 52.0 Å². The highest BCUT2D eigenvalue weighted by Crippen LogP contribution is 2.22. The van der Waals surface area contributed by atoms with Gasteiger partial charge in [0.15, 0.2) is 12.3 Å². The molecule has 0 saturated carbocycles. The van der Waals surface area contributed by atoms with Gasteiger partial charge in [0, 0.05) is 11.5 Å². The van der Waals surface area contributed by atoms with E-state index in [2.05, 4.69) is 62.8 Å². The van der Waals surface area contributed by atoms with E-state index in [0.717, 1.165) is 6.42 Å². The van der Waals surface area contributed by atoms with Crippen LogP contribution in [0.3, 0.4) is 0 Å². The molecule has 0 radical (unpaired) electrons. The van der Waals surface area contributed by atoms with Crippen molar-refractivity contribution in [2.75, 3.05) is 6.54 Å². The van der Waals surface area contributed by atoms with Crippen LogP contribution in [0.2, 0.25) is 0 Å². The first-order chi connectivity index (χ1) is 12.9. The normalized spacial score (nSPS) is 13.2. The number of nitrogens with one attached hydrogen (secondary N) is 2. The average Bonchev–Trinajstić information content (AvgIpc) is 3.20. The summed E-state index contributed by atoms with van der Waals surface area (Å²) in [7, 11) is 0. The van der Waals surface area contributed by atoms with Gasteiger partial charge in [-0.05, 0) is 30.0 Å². The van der Waals surface area contributed by atoms with Gasteiger partial charge in [0.1, 0.15) is 6.04 Å². The molecule has 0 unspecified atom stereocenters. The van der Waals surface area contributed by atoms with E-state index in [1.54, 1.807) is 6.07 Å². The first kappa shape index (κ1) is 20.7. The van der Waals surface area contributed by atoms with E-state index in [-0.39, 0.29) is 24.3 Å². The number of hydrazine groups is 1. The zero-order valence-electron chi connectivity index (χ0n) is 16.5. The van der Waals surface area contributed by atoms with Crippen LogP contribution in [0.1, 0.15) is 67.8 Å². The molecule has 27 heavy (non-hydrogen) atoms. The second kappa shape index (κ2) is 9.92. The number of carbonyl (C=O) groups excluding carboxylic acids is 2. The molecule has 4 N–H and O–H groups in total. The van der Waals surface area contributed by atoms with E-state index in [9.17, 15) is 9.59 Å². The standard InChI is InChI=1S/C21H29N3O3/c1-5-15(4)16-8-10-17(11-9-16)20(14(2)3)22-13-19(25)23-24-21(26)18-7-6-12-27-18/h6-12,14-15,20,22H,5,13H2,1-4H3,(H,23,25)(H,24,26)/p+1/t15-,20+/m0/s1.